The second kappa shape index (κ2) is 5.19. The minimum absolute atomic E-state index is 0.529. The van der Waals surface area contributed by atoms with Crippen molar-refractivity contribution in [2.75, 3.05) is 13.1 Å². The van der Waals surface area contributed by atoms with Crippen molar-refractivity contribution in [1.29, 1.82) is 0 Å². The van der Waals surface area contributed by atoms with E-state index in [9.17, 15) is 5.11 Å². The standard InChI is InChI=1S/C13H22ClN3O/c1-4-17-12(11(14)9-15-17)13(18)5-7-16(8-6-13)10(2)3/h9-10,18H,4-8H2,1-3H3. The molecule has 0 aromatic carbocycles. The van der Waals surface area contributed by atoms with E-state index in [1.54, 1.807) is 6.20 Å². The number of halogens is 1. The van der Waals surface area contributed by atoms with Crippen LogP contribution in [0.5, 0.6) is 0 Å². The maximum atomic E-state index is 10.9. The van der Waals surface area contributed by atoms with Crippen molar-refractivity contribution in [1.82, 2.24) is 14.7 Å². The van der Waals surface area contributed by atoms with Crippen molar-refractivity contribution in [3.8, 4) is 0 Å². The third-order valence-electron chi connectivity index (χ3n) is 3.89. The molecule has 1 N–H and O–H groups in total. The van der Waals surface area contributed by atoms with Gasteiger partial charge in [0.25, 0.3) is 0 Å². The molecule has 0 amide bonds. The molecule has 1 aliphatic heterocycles. The summed E-state index contributed by atoms with van der Waals surface area (Å²) in [5, 5.41) is 15.7. The van der Waals surface area contributed by atoms with Crippen LogP contribution >= 0.6 is 11.6 Å². The van der Waals surface area contributed by atoms with Gasteiger partial charge in [0.15, 0.2) is 0 Å². The molecule has 0 radical (unpaired) electrons. The molecule has 2 rings (SSSR count). The number of hydrogen-bond donors (Lipinski definition) is 1. The number of rotatable bonds is 3. The van der Waals surface area contributed by atoms with E-state index in [2.05, 4.69) is 23.8 Å². The predicted molar refractivity (Wildman–Crippen MR) is 72.8 cm³/mol. The lowest BCUT2D eigenvalue weighted by Gasteiger charge is -2.40. The largest absolute Gasteiger partial charge is 0.383 e. The summed E-state index contributed by atoms with van der Waals surface area (Å²) in [6.07, 6.45) is 3.07. The Bertz CT molecular complexity index is 408. The fourth-order valence-corrected chi connectivity index (χ4v) is 3.03. The van der Waals surface area contributed by atoms with Gasteiger partial charge in [0.2, 0.25) is 0 Å². The normalized spacial score (nSPS) is 20.6. The van der Waals surface area contributed by atoms with Crippen LogP contribution in [-0.4, -0.2) is 38.9 Å². The van der Waals surface area contributed by atoms with Crippen molar-refractivity contribution in [3.63, 3.8) is 0 Å². The van der Waals surface area contributed by atoms with E-state index in [-0.39, 0.29) is 0 Å². The summed E-state index contributed by atoms with van der Waals surface area (Å²) in [4.78, 5) is 2.38. The van der Waals surface area contributed by atoms with Crippen LogP contribution in [0.2, 0.25) is 5.02 Å². The first kappa shape index (κ1) is 13.8. The van der Waals surface area contributed by atoms with Crippen LogP contribution < -0.4 is 0 Å². The van der Waals surface area contributed by atoms with Crippen LogP contribution in [0, 0.1) is 0 Å². The highest BCUT2D eigenvalue weighted by Gasteiger charge is 2.38. The Hall–Kier alpha value is -0.580. The molecular formula is C13H22ClN3O. The van der Waals surface area contributed by atoms with Crippen molar-refractivity contribution in [2.45, 2.75) is 51.8 Å². The molecule has 0 aliphatic carbocycles. The Morgan fingerprint density at radius 1 is 1.44 bits per heavy atom. The Balaban J connectivity index is 2.20. The molecular weight excluding hydrogens is 250 g/mol. The van der Waals surface area contributed by atoms with Crippen LogP contribution in [0.15, 0.2) is 6.20 Å². The third kappa shape index (κ3) is 2.42. The topological polar surface area (TPSA) is 41.3 Å². The molecule has 1 aromatic rings. The molecule has 0 saturated carbocycles. The molecule has 0 spiro atoms. The smallest absolute Gasteiger partial charge is 0.110 e. The fourth-order valence-electron chi connectivity index (χ4n) is 2.71. The Morgan fingerprint density at radius 3 is 2.56 bits per heavy atom. The minimum Gasteiger partial charge on any atom is -0.383 e. The average Bonchev–Trinajstić information content (AvgIpc) is 2.71. The van der Waals surface area contributed by atoms with Gasteiger partial charge in [-0.3, -0.25) is 4.68 Å². The van der Waals surface area contributed by atoms with Gasteiger partial charge in [0.05, 0.1) is 16.9 Å². The maximum Gasteiger partial charge on any atom is 0.110 e. The molecule has 0 unspecified atom stereocenters. The number of piperidine rings is 1. The highest BCUT2D eigenvalue weighted by atomic mass is 35.5. The average molecular weight is 272 g/mol. The van der Waals surface area contributed by atoms with E-state index in [0.29, 0.717) is 11.1 Å². The third-order valence-corrected chi connectivity index (χ3v) is 4.17. The van der Waals surface area contributed by atoms with Gasteiger partial charge in [-0.1, -0.05) is 11.6 Å². The van der Waals surface area contributed by atoms with E-state index >= 15 is 0 Å². The van der Waals surface area contributed by atoms with Crippen molar-refractivity contribution in [3.05, 3.63) is 16.9 Å². The second-order valence-electron chi connectivity index (χ2n) is 5.32. The van der Waals surface area contributed by atoms with Gasteiger partial charge in [-0.15, -0.1) is 0 Å². The van der Waals surface area contributed by atoms with E-state index in [1.165, 1.54) is 0 Å². The lowest BCUT2D eigenvalue weighted by atomic mass is 9.87. The first-order valence-corrected chi connectivity index (χ1v) is 7.04. The zero-order chi connectivity index (χ0) is 13.3. The van der Waals surface area contributed by atoms with Gasteiger partial charge in [0, 0.05) is 25.7 Å². The highest BCUT2D eigenvalue weighted by Crippen LogP contribution is 2.37. The summed E-state index contributed by atoms with van der Waals surface area (Å²) < 4.78 is 1.81. The summed E-state index contributed by atoms with van der Waals surface area (Å²) in [7, 11) is 0. The molecule has 0 bridgehead atoms. The van der Waals surface area contributed by atoms with Gasteiger partial charge in [0.1, 0.15) is 5.60 Å². The molecule has 2 heterocycles. The number of nitrogens with zero attached hydrogens (tertiary/aromatic N) is 3. The molecule has 1 aliphatic rings. The first-order chi connectivity index (χ1) is 8.48. The monoisotopic (exact) mass is 271 g/mol. The SMILES string of the molecule is CCn1ncc(Cl)c1C1(O)CCN(C(C)C)CC1. The van der Waals surface area contributed by atoms with E-state index in [4.69, 9.17) is 11.6 Å². The quantitative estimate of drug-likeness (QED) is 0.917. The zero-order valence-corrected chi connectivity index (χ0v) is 12.1. The van der Waals surface area contributed by atoms with Crippen molar-refractivity contribution >= 4 is 11.6 Å². The summed E-state index contributed by atoms with van der Waals surface area (Å²) in [6.45, 7) is 8.93. The van der Waals surface area contributed by atoms with Gasteiger partial charge in [-0.05, 0) is 33.6 Å². The Kier molecular flexibility index (Phi) is 3.99. The van der Waals surface area contributed by atoms with Crippen LogP contribution in [-0.2, 0) is 12.1 Å². The summed E-state index contributed by atoms with van der Waals surface area (Å²) >= 11 is 6.19. The van der Waals surface area contributed by atoms with Crippen LogP contribution in [0.25, 0.3) is 0 Å². The van der Waals surface area contributed by atoms with E-state index in [0.717, 1.165) is 38.2 Å². The van der Waals surface area contributed by atoms with E-state index < -0.39 is 5.60 Å². The molecule has 1 saturated heterocycles. The highest BCUT2D eigenvalue weighted by molar-refractivity contribution is 6.31. The maximum absolute atomic E-state index is 10.9. The number of aliphatic hydroxyl groups is 1. The van der Waals surface area contributed by atoms with Gasteiger partial charge in [-0.25, -0.2) is 0 Å². The second-order valence-corrected chi connectivity index (χ2v) is 5.73. The lowest BCUT2D eigenvalue weighted by Crippen LogP contribution is -2.46. The summed E-state index contributed by atoms with van der Waals surface area (Å²) in [6, 6.07) is 0.529. The van der Waals surface area contributed by atoms with Gasteiger partial charge < -0.3 is 10.0 Å². The van der Waals surface area contributed by atoms with E-state index in [1.807, 2.05) is 11.6 Å². The fraction of sp³-hybridized carbons (Fsp3) is 0.769. The molecule has 1 aromatic heterocycles. The van der Waals surface area contributed by atoms with Gasteiger partial charge >= 0.3 is 0 Å². The Morgan fingerprint density at radius 2 is 2.06 bits per heavy atom. The number of aromatic nitrogens is 2. The number of aryl methyl sites for hydroxylation is 1. The lowest BCUT2D eigenvalue weighted by molar-refractivity contribution is -0.0386. The molecule has 5 heteroatoms. The van der Waals surface area contributed by atoms with Crippen molar-refractivity contribution < 1.29 is 5.11 Å². The van der Waals surface area contributed by atoms with Gasteiger partial charge in [-0.2, -0.15) is 5.10 Å². The summed E-state index contributed by atoms with van der Waals surface area (Å²) in [5.74, 6) is 0. The van der Waals surface area contributed by atoms with Crippen LogP contribution in [0.1, 0.15) is 39.3 Å². The number of hydrogen-bond acceptors (Lipinski definition) is 3. The molecule has 0 atom stereocenters. The predicted octanol–water partition coefficient (Wildman–Crippen LogP) is 2.25. The first-order valence-electron chi connectivity index (χ1n) is 6.66. The summed E-state index contributed by atoms with van der Waals surface area (Å²) in [5.41, 5.74) is -0.0373. The van der Waals surface area contributed by atoms with Crippen LogP contribution in [0.3, 0.4) is 0 Å². The number of likely N-dealkylation sites (tertiary alicyclic amines) is 1. The Labute approximate surface area is 114 Å². The minimum atomic E-state index is -0.824. The molecule has 18 heavy (non-hydrogen) atoms. The molecule has 1 fully saturated rings. The van der Waals surface area contributed by atoms with Crippen LogP contribution in [0.4, 0.5) is 0 Å². The molecule has 102 valence electrons. The molecule has 4 nitrogen and oxygen atoms in total. The zero-order valence-electron chi connectivity index (χ0n) is 11.4. The van der Waals surface area contributed by atoms with Crippen molar-refractivity contribution in [2.24, 2.45) is 0 Å².